The lowest BCUT2D eigenvalue weighted by atomic mass is 10.1. The van der Waals surface area contributed by atoms with Gasteiger partial charge in [-0.05, 0) is 62.2 Å². The maximum Gasteiger partial charge on any atom is 0.244 e. The van der Waals surface area contributed by atoms with Crippen molar-refractivity contribution in [1.29, 1.82) is 5.26 Å². The van der Waals surface area contributed by atoms with Crippen molar-refractivity contribution in [2.45, 2.75) is 32.9 Å². The Hall–Kier alpha value is -2.97. The number of hydrogen-bond acceptors (Lipinski definition) is 4. The van der Waals surface area contributed by atoms with E-state index in [9.17, 15) is 4.79 Å². The second-order valence-corrected chi connectivity index (χ2v) is 6.91. The minimum atomic E-state index is -0.241. The molecule has 1 N–H and O–H groups in total. The van der Waals surface area contributed by atoms with E-state index in [-0.39, 0.29) is 18.1 Å². The van der Waals surface area contributed by atoms with Gasteiger partial charge in [0.25, 0.3) is 0 Å². The molecule has 2 rings (SSSR count). The number of amides is 1. The minimum Gasteiger partial charge on any atom is -0.493 e. The fourth-order valence-corrected chi connectivity index (χ4v) is 2.81. The van der Waals surface area contributed by atoms with Crippen LogP contribution in [0.25, 0.3) is 6.08 Å². The normalized spacial score (nSPS) is 11.9. The number of nitrogens with zero attached hydrogens (tertiary/aromatic N) is 1. The molecule has 146 valence electrons. The molecule has 1 atom stereocenters. The van der Waals surface area contributed by atoms with Gasteiger partial charge in [0.1, 0.15) is 0 Å². The molecular formula is C22H23ClN2O3. The average molecular weight is 399 g/mol. The van der Waals surface area contributed by atoms with E-state index in [1.807, 2.05) is 32.9 Å². The van der Waals surface area contributed by atoms with Crippen LogP contribution in [0.5, 0.6) is 11.5 Å². The van der Waals surface area contributed by atoms with Gasteiger partial charge >= 0.3 is 0 Å². The molecular weight excluding hydrogens is 376 g/mol. The van der Waals surface area contributed by atoms with Crippen LogP contribution >= 0.6 is 11.6 Å². The van der Waals surface area contributed by atoms with Crippen LogP contribution in [0.4, 0.5) is 0 Å². The van der Waals surface area contributed by atoms with Crippen LogP contribution in [-0.4, -0.2) is 19.1 Å². The van der Waals surface area contributed by atoms with Crippen molar-refractivity contribution < 1.29 is 14.3 Å². The maximum atomic E-state index is 12.2. The van der Waals surface area contributed by atoms with Crippen LogP contribution in [0.15, 0.2) is 42.5 Å². The molecule has 0 heterocycles. The second kappa shape index (κ2) is 9.82. The smallest absolute Gasteiger partial charge is 0.244 e. The van der Waals surface area contributed by atoms with E-state index in [1.54, 1.807) is 30.3 Å². The molecule has 0 fully saturated rings. The van der Waals surface area contributed by atoms with Gasteiger partial charge in [-0.25, -0.2) is 0 Å². The quantitative estimate of drug-likeness (QED) is 0.673. The summed E-state index contributed by atoms with van der Waals surface area (Å²) < 4.78 is 11.0. The molecule has 5 nitrogen and oxygen atoms in total. The highest BCUT2D eigenvalue weighted by molar-refractivity contribution is 6.32. The first-order chi connectivity index (χ1) is 13.3. The molecule has 0 aliphatic rings. The SMILES string of the molecule is COc1cc(/C=C/C(=O)NC(C)c2ccc(C#N)cc2)cc(Cl)c1OC(C)C. The zero-order valence-electron chi connectivity index (χ0n) is 16.3. The summed E-state index contributed by atoms with van der Waals surface area (Å²) in [5.74, 6) is 0.747. The van der Waals surface area contributed by atoms with E-state index in [4.69, 9.17) is 26.3 Å². The highest BCUT2D eigenvalue weighted by Gasteiger charge is 2.13. The molecule has 28 heavy (non-hydrogen) atoms. The van der Waals surface area contributed by atoms with Gasteiger partial charge in [-0.3, -0.25) is 4.79 Å². The number of nitrogens with one attached hydrogen (secondary N) is 1. The lowest BCUT2D eigenvalue weighted by Gasteiger charge is -2.15. The Morgan fingerprint density at radius 3 is 2.46 bits per heavy atom. The molecule has 0 aliphatic carbocycles. The van der Waals surface area contributed by atoms with Crippen molar-refractivity contribution in [3.05, 3.63) is 64.2 Å². The summed E-state index contributed by atoms with van der Waals surface area (Å²) in [6.45, 7) is 5.69. The fourth-order valence-electron chi connectivity index (χ4n) is 2.55. The molecule has 1 unspecified atom stereocenters. The predicted octanol–water partition coefficient (Wildman–Crippen LogP) is 4.90. The first-order valence-electron chi connectivity index (χ1n) is 8.87. The van der Waals surface area contributed by atoms with Gasteiger partial charge in [0.2, 0.25) is 5.91 Å². The monoisotopic (exact) mass is 398 g/mol. The predicted molar refractivity (Wildman–Crippen MR) is 111 cm³/mol. The van der Waals surface area contributed by atoms with Crippen molar-refractivity contribution in [3.8, 4) is 17.6 Å². The van der Waals surface area contributed by atoms with Crippen LogP contribution in [0.1, 0.15) is 43.5 Å². The lowest BCUT2D eigenvalue weighted by Crippen LogP contribution is -2.24. The van der Waals surface area contributed by atoms with Crippen molar-refractivity contribution >= 4 is 23.6 Å². The number of methoxy groups -OCH3 is 1. The van der Waals surface area contributed by atoms with Crippen molar-refractivity contribution in [1.82, 2.24) is 5.32 Å². The van der Waals surface area contributed by atoms with E-state index < -0.39 is 0 Å². The fraction of sp³-hybridized carbons (Fsp3) is 0.273. The van der Waals surface area contributed by atoms with Crippen LogP contribution in [0, 0.1) is 11.3 Å². The van der Waals surface area contributed by atoms with E-state index in [2.05, 4.69) is 11.4 Å². The van der Waals surface area contributed by atoms with E-state index in [0.717, 1.165) is 11.1 Å². The third-order valence-electron chi connectivity index (χ3n) is 3.93. The maximum absolute atomic E-state index is 12.2. The molecule has 0 saturated heterocycles. The number of rotatable bonds is 7. The van der Waals surface area contributed by atoms with Gasteiger partial charge in [0.05, 0.1) is 35.9 Å². The first-order valence-corrected chi connectivity index (χ1v) is 9.24. The summed E-state index contributed by atoms with van der Waals surface area (Å²) >= 11 is 6.30. The number of hydrogen-bond donors (Lipinski definition) is 1. The first kappa shape index (κ1) is 21.3. The zero-order chi connectivity index (χ0) is 20.7. The number of nitriles is 1. The van der Waals surface area contributed by atoms with Gasteiger partial charge in [-0.2, -0.15) is 5.26 Å². The summed E-state index contributed by atoms with van der Waals surface area (Å²) in [4.78, 5) is 12.2. The number of benzene rings is 2. The Morgan fingerprint density at radius 2 is 1.89 bits per heavy atom. The number of carbonyl (C=O) groups excluding carboxylic acids is 1. The Labute approximate surface area is 170 Å². The molecule has 0 spiro atoms. The summed E-state index contributed by atoms with van der Waals surface area (Å²) in [5, 5.41) is 12.2. The summed E-state index contributed by atoms with van der Waals surface area (Å²) in [6, 6.07) is 12.5. The number of ether oxygens (including phenoxy) is 2. The van der Waals surface area contributed by atoms with Crippen LogP contribution in [0.2, 0.25) is 5.02 Å². The van der Waals surface area contributed by atoms with Crippen LogP contribution in [0.3, 0.4) is 0 Å². The third kappa shape index (κ3) is 5.77. The summed E-state index contributed by atoms with van der Waals surface area (Å²) in [5.41, 5.74) is 2.22. The van der Waals surface area contributed by atoms with Gasteiger partial charge in [0, 0.05) is 6.08 Å². The highest BCUT2D eigenvalue weighted by atomic mass is 35.5. The van der Waals surface area contributed by atoms with E-state index >= 15 is 0 Å². The molecule has 0 aliphatic heterocycles. The second-order valence-electron chi connectivity index (χ2n) is 6.50. The summed E-state index contributed by atoms with van der Waals surface area (Å²) in [6.07, 6.45) is 3.06. The molecule has 6 heteroatoms. The van der Waals surface area contributed by atoms with E-state index in [0.29, 0.717) is 22.1 Å². The van der Waals surface area contributed by atoms with Gasteiger partial charge in [-0.15, -0.1) is 0 Å². The Morgan fingerprint density at radius 1 is 1.21 bits per heavy atom. The van der Waals surface area contributed by atoms with Crippen LogP contribution in [-0.2, 0) is 4.79 Å². The van der Waals surface area contributed by atoms with Gasteiger partial charge < -0.3 is 14.8 Å². The van der Waals surface area contributed by atoms with Gasteiger partial charge in [0.15, 0.2) is 11.5 Å². The van der Waals surface area contributed by atoms with Gasteiger partial charge in [-0.1, -0.05) is 23.7 Å². The van der Waals surface area contributed by atoms with Crippen LogP contribution < -0.4 is 14.8 Å². The number of halogens is 1. The highest BCUT2D eigenvalue weighted by Crippen LogP contribution is 2.37. The Kier molecular flexibility index (Phi) is 7.48. The molecule has 0 bridgehead atoms. The standard InChI is InChI=1S/C22H23ClN2O3/c1-14(2)28-22-19(23)11-17(12-20(22)27-4)7-10-21(26)25-15(3)18-8-5-16(13-24)6-9-18/h5-12,14-15H,1-4H3,(H,25,26)/b10-7+. The molecule has 1 amide bonds. The molecule has 2 aromatic rings. The van der Waals surface area contributed by atoms with Crippen molar-refractivity contribution in [2.24, 2.45) is 0 Å². The molecule has 0 radical (unpaired) electrons. The molecule has 0 saturated carbocycles. The average Bonchev–Trinajstić information content (AvgIpc) is 2.67. The molecule has 0 aromatic heterocycles. The molecule has 2 aromatic carbocycles. The Balaban J connectivity index is 2.08. The zero-order valence-corrected chi connectivity index (χ0v) is 17.1. The topological polar surface area (TPSA) is 71.3 Å². The largest absolute Gasteiger partial charge is 0.493 e. The lowest BCUT2D eigenvalue weighted by molar-refractivity contribution is -0.117. The number of carbonyl (C=O) groups is 1. The minimum absolute atomic E-state index is 0.0396. The van der Waals surface area contributed by atoms with E-state index in [1.165, 1.54) is 13.2 Å². The van der Waals surface area contributed by atoms with Crippen molar-refractivity contribution in [3.63, 3.8) is 0 Å². The summed E-state index contributed by atoms with van der Waals surface area (Å²) in [7, 11) is 1.54. The Bertz CT molecular complexity index is 899. The van der Waals surface area contributed by atoms with Crippen molar-refractivity contribution in [2.75, 3.05) is 7.11 Å². The third-order valence-corrected chi connectivity index (χ3v) is 4.21.